The summed E-state index contributed by atoms with van der Waals surface area (Å²) in [5.41, 5.74) is 3.19. The normalized spacial score (nSPS) is 28.4. The van der Waals surface area contributed by atoms with Gasteiger partial charge in [-0.25, -0.2) is 0 Å². The van der Waals surface area contributed by atoms with Crippen LogP contribution in [0.2, 0.25) is 0 Å². The lowest BCUT2D eigenvalue weighted by atomic mass is 9.73. The highest BCUT2D eigenvalue weighted by atomic mass is 15.3. The third-order valence-electron chi connectivity index (χ3n) is 5.16. The van der Waals surface area contributed by atoms with Crippen LogP contribution in [0.1, 0.15) is 44.2 Å². The monoisotopic (exact) mass is 258 g/mol. The second-order valence-electron chi connectivity index (χ2n) is 6.69. The van der Waals surface area contributed by atoms with Crippen LogP contribution in [0.25, 0.3) is 0 Å². The fraction of sp³-hybridized carbons (Fsp3) is 0.647. The van der Waals surface area contributed by atoms with E-state index in [9.17, 15) is 0 Å². The second kappa shape index (κ2) is 4.92. The summed E-state index contributed by atoms with van der Waals surface area (Å²) in [5, 5.41) is 3.68. The van der Waals surface area contributed by atoms with Gasteiger partial charge in [0.1, 0.15) is 0 Å². The van der Waals surface area contributed by atoms with Crippen molar-refractivity contribution in [3.05, 3.63) is 35.4 Å². The van der Waals surface area contributed by atoms with Crippen LogP contribution >= 0.6 is 0 Å². The Hall–Kier alpha value is -0.860. The van der Waals surface area contributed by atoms with E-state index in [1.165, 1.54) is 43.5 Å². The first-order valence-electron chi connectivity index (χ1n) is 7.66. The van der Waals surface area contributed by atoms with Crippen LogP contribution in [0, 0.1) is 6.92 Å². The summed E-state index contributed by atoms with van der Waals surface area (Å²) in [5.74, 6) is 0. The molecule has 0 amide bonds. The Bertz CT molecular complexity index is 452. The molecule has 1 N–H and O–H groups in total. The predicted molar refractivity (Wildman–Crippen MR) is 80.3 cm³/mol. The fourth-order valence-electron chi connectivity index (χ4n) is 4.18. The highest BCUT2D eigenvalue weighted by Gasteiger charge is 2.42. The molecule has 0 aromatic heterocycles. The number of hydrogen-bond donors (Lipinski definition) is 1. The Balaban J connectivity index is 1.93. The lowest BCUT2D eigenvalue weighted by Crippen LogP contribution is -2.59. The molecule has 2 aliphatic rings. The molecule has 3 rings (SSSR count). The fourth-order valence-corrected chi connectivity index (χ4v) is 4.18. The third-order valence-corrected chi connectivity index (χ3v) is 5.16. The molecule has 1 aromatic carbocycles. The van der Waals surface area contributed by atoms with Gasteiger partial charge < -0.3 is 5.32 Å². The topological polar surface area (TPSA) is 15.3 Å². The van der Waals surface area contributed by atoms with E-state index in [1.54, 1.807) is 0 Å². The molecule has 19 heavy (non-hydrogen) atoms. The SMILES string of the molecule is Cc1ccccc1C(C)(C)C1CCNC2CCCN21. The zero-order valence-electron chi connectivity index (χ0n) is 12.4. The summed E-state index contributed by atoms with van der Waals surface area (Å²) in [4.78, 5) is 2.72. The van der Waals surface area contributed by atoms with Crippen molar-refractivity contribution in [3.63, 3.8) is 0 Å². The van der Waals surface area contributed by atoms with E-state index in [2.05, 4.69) is 55.3 Å². The van der Waals surface area contributed by atoms with Gasteiger partial charge in [-0.15, -0.1) is 0 Å². The van der Waals surface area contributed by atoms with E-state index in [0.717, 1.165) is 0 Å². The van der Waals surface area contributed by atoms with Gasteiger partial charge in [0, 0.05) is 18.0 Å². The minimum Gasteiger partial charge on any atom is -0.302 e. The molecule has 2 atom stereocenters. The molecule has 0 aliphatic carbocycles. The first kappa shape index (κ1) is 13.1. The van der Waals surface area contributed by atoms with Crippen LogP contribution < -0.4 is 5.32 Å². The summed E-state index contributed by atoms with van der Waals surface area (Å²) < 4.78 is 0. The first-order chi connectivity index (χ1) is 9.10. The number of hydrogen-bond acceptors (Lipinski definition) is 2. The molecular formula is C17H26N2. The van der Waals surface area contributed by atoms with Crippen molar-refractivity contribution in [2.24, 2.45) is 0 Å². The minimum absolute atomic E-state index is 0.232. The predicted octanol–water partition coefficient (Wildman–Crippen LogP) is 3.06. The molecule has 0 saturated carbocycles. The molecular weight excluding hydrogens is 232 g/mol. The number of fused-ring (bicyclic) bond motifs is 1. The van der Waals surface area contributed by atoms with Crippen LogP contribution in [0.4, 0.5) is 0 Å². The van der Waals surface area contributed by atoms with Gasteiger partial charge in [-0.2, -0.15) is 0 Å². The first-order valence-corrected chi connectivity index (χ1v) is 7.66. The maximum Gasteiger partial charge on any atom is 0.0600 e. The van der Waals surface area contributed by atoms with Crippen molar-refractivity contribution in [1.82, 2.24) is 10.2 Å². The summed E-state index contributed by atoms with van der Waals surface area (Å²) in [7, 11) is 0. The molecule has 2 nitrogen and oxygen atoms in total. The average Bonchev–Trinajstić information content (AvgIpc) is 2.86. The van der Waals surface area contributed by atoms with Gasteiger partial charge in [-0.1, -0.05) is 38.1 Å². The van der Waals surface area contributed by atoms with Gasteiger partial charge in [-0.3, -0.25) is 4.90 Å². The second-order valence-corrected chi connectivity index (χ2v) is 6.69. The minimum atomic E-state index is 0.232. The molecule has 2 heterocycles. The van der Waals surface area contributed by atoms with Crippen molar-refractivity contribution < 1.29 is 0 Å². The number of nitrogens with zero attached hydrogens (tertiary/aromatic N) is 1. The van der Waals surface area contributed by atoms with Crippen molar-refractivity contribution in [2.75, 3.05) is 13.1 Å². The molecule has 0 spiro atoms. The summed E-state index contributed by atoms with van der Waals surface area (Å²) in [6.45, 7) is 9.54. The summed E-state index contributed by atoms with van der Waals surface area (Å²) in [6, 6.07) is 9.58. The molecule has 2 aliphatic heterocycles. The number of rotatable bonds is 2. The van der Waals surface area contributed by atoms with Crippen molar-refractivity contribution in [2.45, 2.75) is 57.7 Å². The average molecular weight is 258 g/mol. The van der Waals surface area contributed by atoms with Crippen LogP contribution in [0.15, 0.2) is 24.3 Å². The van der Waals surface area contributed by atoms with Crippen molar-refractivity contribution in [1.29, 1.82) is 0 Å². The molecule has 0 radical (unpaired) electrons. The van der Waals surface area contributed by atoms with Gasteiger partial charge in [0.25, 0.3) is 0 Å². The Morgan fingerprint density at radius 1 is 1.21 bits per heavy atom. The molecule has 104 valence electrons. The number of nitrogens with one attached hydrogen (secondary N) is 1. The number of aryl methyl sites for hydroxylation is 1. The van der Waals surface area contributed by atoms with Crippen LogP contribution in [-0.2, 0) is 5.41 Å². The van der Waals surface area contributed by atoms with Gasteiger partial charge >= 0.3 is 0 Å². The summed E-state index contributed by atoms with van der Waals surface area (Å²) >= 11 is 0. The smallest absolute Gasteiger partial charge is 0.0600 e. The van der Waals surface area contributed by atoms with E-state index >= 15 is 0 Å². The lowest BCUT2D eigenvalue weighted by Gasteiger charge is -2.47. The standard InChI is InChI=1S/C17H26N2/c1-13-7-4-5-8-14(13)17(2,3)15-10-11-18-16-9-6-12-19(15)16/h4-5,7-8,15-16,18H,6,9-12H2,1-3H3. The Kier molecular flexibility index (Phi) is 3.40. The van der Waals surface area contributed by atoms with Gasteiger partial charge in [0.15, 0.2) is 0 Å². The zero-order chi connectivity index (χ0) is 13.5. The Morgan fingerprint density at radius 2 is 2.00 bits per heavy atom. The van der Waals surface area contributed by atoms with Gasteiger partial charge in [0.05, 0.1) is 6.17 Å². The molecule has 2 heteroatoms. The van der Waals surface area contributed by atoms with Gasteiger partial charge in [0.2, 0.25) is 0 Å². The van der Waals surface area contributed by atoms with E-state index in [-0.39, 0.29) is 5.41 Å². The molecule has 2 fully saturated rings. The largest absolute Gasteiger partial charge is 0.302 e. The maximum atomic E-state index is 3.68. The maximum absolute atomic E-state index is 3.68. The number of benzene rings is 1. The Labute approximate surface area is 117 Å². The summed E-state index contributed by atoms with van der Waals surface area (Å²) in [6.07, 6.45) is 4.55. The zero-order valence-corrected chi connectivity index (χ0v) is 12.4. The highest BCUT2D eigenvalue weighted by Crippen LogP contribution is 2.38. The quantitative estimate of drug-likeness (QED) is 0.877. The lowest BCUT2D eigenvalue weighted by molar-refractivity contribution is 0.0635. The van der Waals surface area contributed by atoms with E-state index in [4.69, 9.17) is 0 Å². The highest BCUT2D eigenvalue weighted by molar-refractivity contribution is 5.34. The van der Waals surface area contributed by atoms with E-state index < -0.39 is 0 Å². The van der Waals surface area contributed by atoms with Crippen LogP contribution in [-0.4, -0.2) is 30.2 Å². The van der Waals surface area contributed by atoms with Gasteiger partial charge in [-0.05, 0) is 43.9 Å². The van der Waals surface area contributed by atoms with Crippen molar-refractivity contribution in [3.8, 4) is 0 Å². The van der Waals surface area contributed by atoms with Crippen LogP contribution in [0.3, 0.4) is 0 Å². The van der Waals surface area contributed by atoms with Crippen molar-refractivity contribution >= 4 is 0 Å². The molecule has 2 saturated heterocycles. The van der Waals surface area contributed by atoms with E-state index in [1.807, 2.05) is 0 Å². The third kappa shape index (κ3) is 2.21. The molecule has 2 unspecified atom stereocenters. The molecule has 1 aromatic rings. The molecule has 0 bridgehead atoms. The Morgan fingerprint density at radius 3 is 2.79 bits per heavy atom. The van der Waals surface area contributed by atoms with E-state index in [0.29, 0.717) is 12.2 Å². The van der Waals surface area contributed by atoms with Crippen LogP contribution in [0.5, 0.6) is 0 Å².